The van der Waals surface area contributed by atoms with Crippen LogP contribution in [-0.4, -0.2) is 41.1 Å². The molecule has 1 saturated heterocycles. The Balaban J connectivity index is 1.44. The van der Waals surface area contributed by atoms with Gasteiger partial charge in [0.25, 0.3) is 0 Å². The number of nitrogens with two attached hydrogens (primary N) is 1. The largest absolute Gasteiger partial charge is 0.367 e. The van der Waals surface area contributed by atoms with Gasteiger partial charge in [0.15, 0.2) is 5.78 Å². The number of ketones is 1. The maximum atomic E-state index is 14.7. The summed E-state index contributed by atoms with van der Waals surface area (Å²) in [7, 11) is 0. The standard InChI is InChI=1S/C27H30F2N4O/c1-16-8-17(10-20(30)9-16)22-4-6-31-13-18(22)11-26(34)23-2-3-25(29)24-12-21(14-32-27(23)24)33-7-5-19(28)15-33/h2-4,6,12-14,16-17,19-20H,5,7-11,15,30H2,1H3/t16-,17+,19+,20-/m0/s1. The molecule has 0 bridgehead atoms. The first kappa shape index (κ1) is 22.8. The van der Waals surface area contributed by atoms with Crippen LogP contribution < -0.4 is 10.6 Å². The average Bonchev–Trinajstić information content (AvgIpc) is 3.25. The van der Waals surface area contributed by atoms with Crippen molar-refractivity contribution >= 4 is 22.4 Å². The topological polar surface area (TPSA) is 72.1 Å². The van der Waals surface area contributed by atoms with Gasteiger partial charge in [0, 0.05) is 48.9 Å². The van der Waals surface area contributed by atoms with Crippen LogP contribution in [0.2, 0.25) is 0 Å². The molecule has 2 fully saturated rings. The highest BCUT2D eigenvalue weighted by Gasteiger charge is 2.28. The van der Waals surface area contributed by atoms with Gasteiger partial charge < -0.3 is 10.6 Å². The Bertz CT molecular complexity index is 1210. The van der Waals surface area contributed by atoms with Crippen molar-refractivity contribution in [2.75, 3.05) is 18.0 Å². The first-order chi connectivity index (χ1) is 16.4. The second-order valence-corrected chi connectivity index (χ2v) is 9.96. The molecule has 7 heteroatoms. The molecule has 2 N–H and O–H groups in total. The minimum atomic E-state index is -0.885. The number of Topliss-reactive ketones (excluding diaryl/α,β-unsaturated/α-hetero) is 1. The molecular formula is C27H30F2N4O. The summed E-state index contributed by atoms with van der Waals surface area (Å²) in [6.45, 7) is 3.07. The van der Waals surface area contributed by atoms with Crippen molar-refractivity contribution in [1.82, 2.24) is 9.97 Å². The number of carbonyl (C=O) groups is 1. The predicted octanol–water partition coefficient (Wildman–Crippen LogP) is 4.97. The molecule has 1 aromatic carbocycles. The third-order valence-corrected chi connectivity index (χ3v) is 7.29. The number of hydrogen-bond acceptors (Lipinski definition) is 5. The molecule has 4 atom stereocenters. The number of halogens is 2. The summed E-state index contributed by atoms with van der Waals surface area (Å²) >= 11 is 0. The summed E-state index contributed by atoms with van der Waals surface area (Å²) < 4.78 is 28.4. The minimum Gasteiger partial charge on any atom is -0.367 e. The summed E-state index contributed by atoms with van der Waals surface area (Å²) in [6, 6.07) is 6.66. The third kappa shape index (κ3) is 4.53. The highest BCUT2D eigenvalue weighted by Crippen LogP contribution is 2.37. The van der Waals surface area contributed by atoms with E-state index in [9.17, 15) is 13.6 Å². The van der Waals surface area contributed by atoms with Gasteiger partial charge in [-0.1, -0.05) is 6.92 Å². The van der Waals surface area contributed by atoms with Crippen molar-refractivity contribution in [2.45, 2.75) is 57.2 Å². The molecule has 0 radical (unpaired) electrons. The zero-order valence-corrected chi connectivity index (χ0v) is 19.4. The number of anilines is 1. The first-order valence-electron chi connectivity index (χ1n) is 12.1. The lowest BCUT2D eigenvalue weighted by Gasteiger charge is -2.32. The van der Waals surface area contributed by atoms with Gasteiger partial charge in [-0.25, -0.2) is 8.78 Å². The molecule has 1 aliphatic carbocycles. The fourth-order valence-electron chi connectivity index (χ4n) is 5.69. The van der Waals surface area contributed by atoms with Gasteiger partial charge in [0.1, 0.15) is 12.0 Å². The van der Waals surface area contributed by atoms with Crippen molar-refractivity contribution in [3.63, 3.8) is 0 Å². The van der Waals surface area contributed by atoms with Gasteiger partial charge in [0.05, 0.1) is 17.4 Å². The normalized spacial score (nSPS) is 25.1. The van der Waals surface area contributed by atoms with E-state index in [1.54, 1.807) is 24.7 Å². The summed E-state index contributed by atoms with van der Waals surface area (Å²) in [5.74, 6) is 0.268. The van der Waals surface area contributed by atoms with Crippen LogP contribution in [0.1, 0.15) is 60.0 Å². The summed E-state index contributed by atoms with van der Waals surface area (Å²) in [6.07, 6.45) is 7.84. The van der Waals surface area contributed by atoms with Gasteiger partial charge in [-0.15, -0.1) is 0 Å². The zero-order chi connectivity index (χ0) is 23.8. The molecule has 0 unspecified atom stereocenters. The Morgan fingerprint density at radius 3 is 2.82 bits per heavy atom. The quantitative estimate of drug-likeness (QED) is 0.540. The summed E-state index contributed by atoms with van der Waals surface area (Å²) in [4.78, 5) is 24.0. The van der Waals surface area contributed by atoms with E-state index in [0.717, 1.165) is 30.4 Å². The minimum absolute atomic E-state index is 0.127. The predicted molar refractivity (Wildman–Crippen MR) is 129 cm³/mol. The van der Waals surface area contributed by atoms with Crippen molar-refractivity contribution < 1.29 is 13.6 Å². The van der Waals surface area contributed by atoms with E-state index >= 15 is 0 Å². The molecule has 5 rings (SSSR count). The first-order valence-corrected chi connectivity index (χ1v) is 12.1. The van der Waals surface area contributed by atoms with E-state index in [1.807, 2.05) is 11.0 Å². The molecular weight excluding hydrogens is 434 g/mol. The lowest BCUT2D eigenvalue weighted by Crippen LogP contribution is -2.31. The fraction of sp³-hybridized carbons (Fsp3) is 0.444. The molecule has 178 valence electrons. The van der Waals surface area contributed by atoms with Gasteiger partial charge in [-0.05, 0) is 72.9 Å². The van der Waals surface area contributed by atoms with Gasteiger partial charge in [-0.2, -0.15) is 0 Å². The average molecular weight is 465 g/mol. The van der Waals surface area contributed by atoms with Gasteiger partial charge in [-0.3, -0.25) is 14.8 Å². The van der Waals surface area contributed by atoms with Crippen LogP contribution in [0.15, 0.2) is 42.9 Å². The Labute approximate surface area is 198 Å². The lowest BCUT2D eigenvalue weighted by molar-refractivity contribution is 0.0994. The molecule has 2 aromatic heterocycles. The van der Waals surface area contributed by atoms with Crippen LogP contribution in [-0.2, 0) is 6.42 Å². The van der Waals surface area contributed by atoms with E-state index in [2.05, 4.69) is 16.9 Å². The van der Waals surface area contributed by atoms with Crippen molar-refractivity contribution in [3.05, 3.63) is 65.4 Å². The number of nitrogens with zero attached hydrogens (tertiary/aromatic N) is 3. The number of pyridine rings is 2. The second-order valence-electron chi connectivity index (χ2n) is 9.96. The van der Waals surface area contributed by atoms with E-state index < -0.39 is 12.0 Å². The second kappa shape index (κ2) is 9.37. The van der Waals surface area contributed by atoms with Gasteiger partial charge in [0.2, 0.25) is 0 Å². The van der Waals surface area contributed by atoms with Crippen LogP contribution in [0.4, 0.5) is 14.5 Å². The molecule has 3 heterocycles. The Hall–Kier alpha value is -2.93. The van der Waals surface area contributed by atoms with E-state index in [4.69, 9.17) is 5.73 Å². The fourth-order valence-corrected chi connectivity index (χ4v) is 5.69. The summed E-state index contributed by atoms with van der Waals surface area (Å²) in [5, 5.41) is 0.282. The van der Waals surface area contributed by atoms with Crippen LogP contribution in [0, 0.1) is 11.7 Å². The molecule has 1 saturated carbocycles. The molecule has 5 nitrogen and oxygen atoms in total. The molecule has 2 aliphatic rings. The summed E-state index contributed by atoms with van der Waals surface area (Å²) in [5.41, 5.74) is 9.70. The maximum Gasteiger partial charge on any atom is 0.169 e. The highest BCUT2D eigenvalue weighted by atomic mass is 19.1. The number of benzene rings is 1. The molecule has 0 amide bonds. The molecule has 1 aliphatic heterocycles. The highest BCUT2D eigenvalue weighted by molar-refractivity contribution is 6.08. The number of carbonyl (C=O) groups excluding carboxylic acids is 1. The van der Waals surface area contributed by atoms with E-state index in [1.165, 1.54) is 12.1 Å². The smallest absolute Gasteiger partial charge is 0.169 e. The maximum absolute atomic E-state index is 14.7. The lowest BCUT2D eigenvalue weighted by atomic mass is 9.75. The number of aromatic nitrogens is 2. The zero-order valence-electron chi connectivity index (χ0n) is 19.4. The van der Waals surface area contributed by atoms with Crippen LogP contribution in [0.5, 0.6) is 0 Å². The van der Waals surface area contributed by atoms with Crippen LogP contribution in [0.25, 0.3) is 10.9 Å². The number of fused-ring (bicyclic) bond motifs is 1. The third-order valence-electron chi connectivity index (χ3n) is 7.29. The van der Waals surface area contributed by atoms with Crippen LogP contribution in [0.3, 0.4) is 0 Å². The van der Waals surface area contributed by atoms with E-state index in [-0.39, 0.29) is 30.2 Å². The van der Waals surface area contributed by atoms with Crippen molar-refractivity contribution in [1.29, 1.82) is 0 Å². The number of rotatable bonds is 5. The van der Waals surface area contributed by atoms with Crippen molar-refractivity contribution in [2.24, 2.45) is 11.7 Å². The van der Waals surface area contributed by atoms with Crippen LogP contribution >= 0.6 is 0 Å². The molecule has 3 aromatic rings. The van der Waals surface area contributed by atoms with Gasteiger partial charge >= 0.3 is 0 Å². The number of alkyl halides is 1. The molecule has 34 heavy (non-hydrogen) atoms. The van der Waals surface area contributed by atoms with Crippen molar-refractivity contribution in [3.8, 4) is 0 Å². The Morgan fingerprint density at radius 2 is 2.06 bits per heavy atom. The SMILES string of the molecule is C[C@@H]1C[C@H](N)C[C@H](c2ccncc2CC(=O)c2ccc(F)c3cc(N4CC[C@@H](F)C4)cnc23)C1. The Kier molecular flexibility index (Phi) is 6.30. The monoisotopic (exact) mass is 464 g/mol. The number of hydrogen-bond donors (Lipinski definition) is 1. The Morgan fingerprint density at radius 1 is 1.21 bits per heavy atom. The molecule has 0 spiro atoms. The van der Waals surface area contributed by atoms with E-state index in [0.29, 0.717) is 41.6 Å².